The van der Waals surface area contributed by atoms with Gasteiger partial charge in [0.15, 0.2) is 11.5 Å². The molecule has 0 aliphatic heterocycles. The highest BCUT2D eigenvalue weighted by atomic mass is 35.5. The van der Waals surface area contributed by atoms with Gasteiger partial charge in [0.1, 0.15) is 6.33 Å². The van der Waals surface area contributed by atoms with E-state index in [4.69, 9.17) is 22.1 Å². The summed E-state index contributed by atoms with van der Waals surface area (Å²) in [6.45, 7) is 2.02. The van der Waals surface area contributed by atoms with Crippen LogP contribution in [0.2, 0.25) is 5.02 Å². The molecule has 0 aliphatic rings. The van der Waals surface area contributed by atoms with Crippen LogP contribution in [0.4, 0.5) is 5.82 Å². The molecule has 0 fully saturated rings. The first-order valence-corrected chi connectivity index (χ1v) is 5.77. The van der Waals surface area contributed by atoms with E-state index >= 15 is 0 Å². The number of rotatable bonds is 3. The summed E-state index contributed by atoms with van der Waals surface area (Å²) < 4.78 is 6.52. The average Bonchev–Trinajstić information content (AvgIpc) is 2.72. The summed E-state index contributed by atoms with van der Waals surface area (Å²) in [6.07, 6.45) is 1.48. The second kappa shape index (κ2) is 5.10. The third kappa shape index (κ3) is 2.31. The highest BCUT2D eigenvalue weighted by molar-refractivity contribution is 6.30. The van der Waals surface area contributed by atoms with Crippen LogP contribution in [0.3, 0.4) is 0 Å². The number of aromatic nitrogens is 2. The van der Waals surface area contributed by atoms with Crippen LogP contribution in [0.15, 0.2) is 30.6 Å². The summed E-state index contributed by atoms with van der Waals surface area (Å²) in [7, 11) is 0. The van der Waals surface area contributed by atoms with Crippen LogP contribution < -0.4 is 5.73 Å². The lowest BCUT2D eigenvalue weighted by molar-refractivity contribution is 0.0518. The third-order valence-corrected chi connectivity index (χ3v) is 2.62. The first-order chi connectivity index (χ1) is 8.63. The van der Waals surface area contributed by atoms with E-state index in [0.29, 0.717) is 5.02 Å². The number of halogens is 1. The summed E-state index contributed by atoms with van der Waals surface area (Å²) >= 11 is 5.82. The first-order valence-electron chi connectivity index (χ1n) is 5.39. The van der Waals surface area contributed by atoms with Crippen molar-refractivity contribution in [2.24, 2.45) is 0 Å². The van der Waals surface area contributed by atoms with Crippen molar-refractivity contribution in [3.63, 3.8) is 0 Å². The van der Waals surface area contributed by atoms with Crippen LogP contribution in [0.25, 0.3) is 5.69 Å². The normalized spacial score (nSPS) is 10.3. The maximum atomic E-state index is 11.8. The Morgan fingerprint density at radius 1 is 1.44 bits per heavy atom. The van der Waals surface area contributed by atoms with Gasteiger partial charge in [0.05, 0.1) is 6.61 Å². The van der Waals surface area contributed by atoms with E-state index in [0.717, 1.165) is 5.69 Å². The van der Waals surface area contributed by atoms with Crippen LogP contribution in [0, 0.1) is 0 Å². The van der Waals surface area contributed by atoms with Crippen molar-refractivity contribution in [1.82, 2.24) is 9.55 Å². The third-order valence-electron chi connectivity index (χ3n) is 2.37. The Hall–Kier alpha value is -2.01. The van der Waals surface area contributed by atoms with Gasteiger partial charge in [0.25, 0.3) is 0 Å². The van der Waals surface area contributed by atoms with Crippen LogP contribution in [0.1, 0.15) is 17.4 Å². The van der Waals surface area contributed by atoms with E-state index in [1.807, 2.05) is 0 Å². The van der Waals surface area contributed by atoms with E-state index < -0.39 is 5.97 Å². The van der Waals surface area contributed by atoms with Gasteiger partial charge in [-0.1, -0.05) is 11.6 Å². The maximum Gasteiger partial charge on any atom is 0.359 e. The molecule has 0 unspecified atom stereocenters. The Morgan fingerprint density at radius 3 is 2.72 bits per heavy atom. The molecule has 2 rings (SSSR count). The number of nitrogens with zero attached hydrogens (tertiary/aromatic N) is 2. The zero-order valence-electron chi connectivity index (χ0n) is 9.76. The Balaban J connectivity index is 2.45. The van der Waals surface area contributed by atoms with E-state index in [9.17, 15) is 4.79 Å². The van der Waals surface area contributed by atoms with Gasteiger partial charge in [-0.05, 0) is 31.2 Å². The van der Waals surface area contributed by atoms with Gasteiger partial charge < -0.3 is 10.5 Å². The fourth-order valence-electron chi connectivity index (χ4n) is 1.56. The molecular formula is C12H12ClN3O2. The van der Waals surface area contributed by atoms with Crippen molar-refractivity contribution in [2.75, 3.05) is 12.3 Å². The van der Waals surface area contributed by atoms with Gasteiger partial charge in [-0.2, -0.15) is 0 Å². The number of nitrogens with two attached hydrogens (primary N) is 1. The molecule has 0 saturated carbocycles. The SMILES string of the molecule is CCOC(=O)c1c(N)ncn1-c1ccc(Cl)cc1. The molecular weight excluding hydrogens is 254 g/mol. The topological polar surface area (TPSA) is 70.1 Å². The number of esters is 1. The molecule has 0 spiro atoms. The summed E-state index contributed by atoms with van der Waals surface area (Å²) in [5, 5.41) is 0.615. The first kappa shape index (κ1) is 12.4. The minimum atomic E-state index is -0.498. The lowest BCUT2D eigenvalue weighted by atomic mass is 10.3. The maximum absolute atomic E-state index is 11.8. The van der Waals surface area contributed by atoms with Gasteiger partial charge in [-0.15, -0.1) is 0 Å². The van der Waals surface area contributed by atoms with Gasteiger partial charge in [-0.3, -0.25) is 4.57 Å². The van der Waals surface area contributed by atoms with Crippen LogP contribution in [0.5, 0.6) is 0 Å². The van der Waals surface area contributed by atoms with Crippen LogP contribution in [-0.4, -0.2) is 22.1 Å². The predicted octanol–water partition coefficient (Wildman–Crippen LogP) is 2.28. The number of nitrogen functional groups attached to an aromatic ring is 1. The average molecular weight is 266 g/mol. The standard InChI is InChI=1S/C12H12ClN3O2/c1-2-18-12(17)10-11(14)15-7-16(10)9-5-3-8(13)4-6-9/h3-7H,2,14H2,1H3. The number of carbonyl (C=O) groups is 1. The fraction of sp³-hybridized carbons (Fsp3) is 0.167. The molecule has 0 saturated heterocycles. The molecule has 1 heterocycles. The molecule has 0 amide bonds. The second-order valence-electron chi connectivity index (χ2n) is 3.55. The lowest BCUT2D eigenvalue weighted by Crippen LogP contribution is -2.12. The number of ether oxygens (including phenoxy) is 1. The predicted molar refractivity (Wildman–Crippen MR) is 68.9 cm³/mol. The number of anilines is 1. The lowest BCUT2D eigenvalue weighted by Gasteiger charge is -2.08. The molecule has 5 nitrogen and oxygen atoms in total. The largest absolute Gasteiger partial charge is 0.461 e. The molecule has 6 heteroatoms. The summed E-state index contributed by atoms with van der Waals surface area (Å²) in [5.74, 6) is -0.356. The highest BCUT2D eigenvalue weighted by Crippen LogP contribution is 2.19. The number of benzene rings is 1. The van der Waals surface area contributed by atoms with Crippen LogP contribution in [-0.2, 0) is 4.74 Å². The van der Waals surface area contributed by atoms with E-state index in [2.05, 4.69) is 4.98 Å². The summed E-state index contributed by atoms with van der Waals surface area (Å²) in [4.78, 5) is 15.7. The van der Waals surface area contributed by atoms with Crippen molar-refractivity contribution in [3.05, 3.63) is 41.3 Å². The molecule has 2 aromatic rings. The number of imidazole rings is 1. The Kier molecular flexibility index (Phi) is 3.53. The highest BCUT2D eigenvalue weighted by Gasteiger charge is 2.18. The Bertz CT molecular complexity index is 563. The van der Waals surface area contributed by atoms with Crippen molar-refractivity contribution in [2.45, 2.75) is 6.92 Å². The van der Waals surface area contributed by atoms with Gasteiger partial charge in [0.2, 0.25) is 0 Å². The number of carbonyl (C=O) groups excluding carboxylic acids is 1. The fourth-order valence-corrected chi connectivity index (χ4v) is 1.69. The van der Waals surface area contributed by atoms with E-state index in [-0.39, 0.29) is 18.1 Å². The van der Waals surface area contributed by atoms with E-state index in [1.165, 1.54) is 6.33 Å². The van der Waals surface area contributed by atoms with Crippen molar-refractivity contribution in [1.29, 1.82) is 0 Å². The molecule has 0 atom stereocenters. The van der Waals surface area contributed by atoms with Crippen LogP contribution >= 0.6 is 11.6 Å². The van der Waals surface area contributed by atoms with Crippen molar-refractivity contribution < 1.29 is 9.53 Å². The molecule has 94 valence electrons. The van der Waals surface area contributed by atoms with E-state index in [1.54, 1.807) is 35.8 Å². The second-order valence-corrected chi connectivity index (χ2v) is 3.98. The molecule has 1 aromatic carbocycles. The number of hydrogen-bond donors (Lipinski definition) is 1. The van der Waals surface area contributed by atoms with Crippen molar-refractivity contribution in [3.8, 4) is 5.69 Å². The van der Waals surface area contributed by atoms with Crippen molar-refractivity contribution >= 4 is 23.4 Å². The molecule has 18 heavy (non-hydrogen) atoms. The monoisotopic (exact) mass is 265 g/mol. The minimum absolute atomic E-state index is 0.142. The zero-order valence-corrected chi connectivity index (χ0v) is 10.5. The smallest absolute Gasteiger partial charge is 0.359 e. The quantitative estimate of drug-likeness (QED) is 0.865. The molecule has 0 bridgehead atoms. The Morgan fingerprint density at radius 2 is 2.11 bits per heavy atom. The minimum Gasteiger partial charge on any atom is -0.461 e. The molecule has 0 radical (unpaired) electrons. The summed E-state index contributed by atoms with van der Waals surface area (Å²) in [5.41, 5.74) is 6.64. The summed E-state index contributed by atoms with van der Waals surface area (Å²) in [6, 6.07) is 6.99. The molecule has 0 aliphatic carbocycles. The molecule has 2 N–H and O–H groups in total. The van der Waals surface area contributed by atoms with Gasteiger partial charge >= 0.3 is 5.97 Å². The van der Waals surface area contributed by atoms with Gasteiger partial charge in [-0.25, -0.2) is 9.78 Å². The molecule has 1 aromatic heterocycles. The Labute approximate surface area is 109 Å². The number of hydrogen-bond acceptors (Lipinski definition) is 4. The zero-order chi connectivity index (χ0) is 13.1. The van der Waals surface area contributed by atoms with Gasteiger partial charge in [0, 0.05) is 10.7 Å².